The third-order valence-electron chi connectivity index (χ3n) is 2.00. The van der Waals surface area contributed by atoms with Crippen molar-refractivity contribution in [1.82, 2.24) is 10.6 Å². The van der Waals surface area contributed by atoms with Gasteiger partial charge in [0.2, 0.25) is 0 Å². The van der Waals surface area contributed by atoms with Crippen LogP contribution in [0.1, 0.15) is 20.3 Å². The second-order valence-corrected chi connectivity index (χ2v) is 3.51. The number of hydrogen-bond acceptors (Lipinski definition) is 3. The van der Waals surface area contributed by atoms with E-state index < -0.39 is 0 Å². The lowest BCUT2D eigenvalue weighted by Crippen LogP contribution is -2.57. The Hall–Kier alpha value is -0.120. The molecule has 1 aliphatic heterocycles. The lowest BCUT2D eigenvalue weighted by Gasteiger charge is -2.31. The predicted octanol–water partition coefficient (Wildman–Crippen LogP) is -0.293. The molecular weight excluding hydrogens is 140 g/mol. The Labute approximate surface area is 68.2 Å². The highest BCUT2D eigenvalue weighted by Gasteiger charge is 2.18. The molecule has 11 heavy (non-hydrogen) atoms. The minimum absolute atomic E-state index is 0.189. The van der Waals surface area contributed by atoms with Gasteiger partial charge >= 0.3 is 0 Å². The Kier molecular flexibility index (Phi) is 3.30. The Bertz CT molecular complexity index is 113. The van der Waals surface area contributed by atoms with Crippen molar-refractivity contribution in [2.24, 2.45) is 0 Å². The maximum atomic E-state index is 9.07. The van der Waals surface area contributed by atoms with E-state index in [-0.39, 0.29) is 6.10 Å². The molecule has 3 heteroatoms. The quantitative estimate of drug-likeness (QED) is 0.526. The summed E-state index contributed by atoms with van der Waals surface area (Å²) in [4.78, 5) is 0. The average molecular weight is 158 g/mol. The van der Waals surface area contributed by atoms with Gasteiger partial charge in [-0.1, -0.05) is 0 Å². The first kappa shape index (κ1) is 8.97. The molecule has 1 aliphatic rings. The maximum Gasteiger partial charge on any atom is 0.0526 e. The van der Waals surface area contributed by atoms with Crippen molar-refractivity contribution in [3.8, 4) is 0 Å². The van der Waals surface area contributed by atoms with Gasteiger partial charge in [-0.05, 0) is 20.3 Å². The molecule has 3 N–H and O–H groups in total. The van der Waals surface area contributed by atoms with Crippen molar-refractivity contribution in [3.63, 3.8) is 0 Å². The van der Waals surface area contributed by atoms with Crippen LogP contribution in [-0.4, -0.2) is 36.4 Å². The molecule has 2 unspecified atom stereocenters. The molecule has 0 aliphatic carbocycles. The van der Waals surface area contributed by atoms with Gasteiger partial charge in [-0.2, -0.15) is 0 Å². The van der Waals surface area contributed by atoms with Gasteiger partial charge in [-0.25, -0.2) is 0 Å². The zero-order chi connectivity index (χ0) is 8.27. The molecule has 1 rings (SSSR count). The van der Waals surface area contributed by atoms with Crippen molar-refractivity contribution in [2.45, 2.75) is 38.5 Å². The fourth-order valence-electron chi connectivity index (χ4n) is 1.39. The summed E-state index contributed by atoms with van der Waals surface area (Å²) in [7, 11) is 0. The van der Waals surface area contributed by atoms with Gasteiger partial charge in [0.25, 0.3) is 0 Å². The lowest BCUT2D eigenvalue weighted by molar-refractivity contribution is 0.164. The first-order valence-corrected chi connectivity index (χ1v) is 4.33. The molecule has 0 bridgehead atoms. The van der Waals surface area contributed by atoms with E-state index in [9.17, 15) is 0 Å². The molecule has 2 atom stereocenters. The molecule has 0 aromatic carbocycles. The molecule has 0 amide bonds. The van der Waals surface area contributed by atoms with E-state index in [1.54, 1.807) is 0 Å². The number of rotatable bonds is 4. The maximum absolute atomic E-state index is 9.07. The van der Waals surface area contributed by atoms with Gasteiger partial charge in [0.1, 0.15) is 0 Å². The van der Waals surface area contributed by atoms with E-state index in [2.05, 4.69) is 17.6 Å². The summed E-state index contributed by atoms with van der Waals surface area (Å²) in [5.41, 5.74) is 0. The molecule has 0 spiro atoms. The topological polar surface area (TPSA) is 44.3 Å². The number of aliphatic hydroxyl groups excluding tert-OH is 1. The normalized spacial score (nSPS) is 24.3. The Morgan fingerprint density at radius 3 is 2.55 bits per heavy atom. The van der Waals surface area contributed by atoms with Crippen LogP contribution in [0.2, 0.25) is 0 Å². The summed E-state index contributed by atoms with van der Waals surface area (Å²) in [6, 6.07) is 1.06. The van der Waals surface area contributed by atoms with E-state index in [1.165, 1.54) is 0 Å². The Morgan fingerprint density at radius 1 is 1.55 bits per heavy atom. The zero-order valence-corrected chi connectivity index (χ0v) is 7.30. The fraction of sp³-hybridized carbons (Fsp3) is 1.00. The molecule has 66 valence electrons. The van der Waals surface area contributed by atoms with Gasteiger partial charge in [0.15, 0.2) is 0 Å². The van der Waals surface area contributed by atoms with E-state index in [4.69, 9.17) is 5.11 Å². The first-order valence-electron chi connectivity index (χ1n) is 4.33. The number of nitrogens with one attached hydrogen (secondary N) is 2. The molecule has 1 saturated heterocycles. The molecule has 1 fully saturated rings. The minimum Gasteiger partial charge on any atom is -0.393 e. The monoisotopic (exact) mass is 158 g/mol. The number of aliphatic hydroxyl groups is 1. The van der Waals surface area contributed by atoms with Gasteiger partial charge in [0.05, 0.1) is 6.10 Å². The molecule has 0 aromatic heterocycles. The zero-order valence-electron chi connectivity index (χ0n) is 7.30. The smallest absolute Gasteiger partial charge is 0.0526 e. The van der Waals surface area contributed by atoms with Gasteiger partial charge in [-0.3, -0.25) is 0 Å². The largest absolute Gasteiger partial charge is 0.393 e. The third-order valence-corrected chi connectivity index (χ3v) is 2.00. The van der Waals surface area contributed by atoms with Gasteiger partial charge in [-0.15, -0.1) is 0 Å². The molecular formula is C8H18N2O. The van der Waals surface area contributed by atoms with Crippen LogP contribution < -0.4 is 10.6 Å². The van der Waals surface area contributed by atoms with Crippen LogP contribution in [-0.2, 0) is 0 Å². The first-order chi connectivity index (χ1) is 5.18. The molecule has 1 heterocycles. The van der Waals surface area contributed by atoms with Crippen molar-refractivity contribution in [2.75, 3.05) is 13.1 Å². The number of hydrogen-bond donors (Lipinski definition) is 3. The van der Waals surface area contributed by atoms with Crippen LogP contribution in [0.25, 0.3) is 0 Å². The minimum atomic E-state index is -0.189. The summed E-state index contributed by atoms with van der Waals surface area (Å²) < 4.78 is 0. The SMILES string of the molecule is CC(O)CC(C)NC1CNC1. The van der Waals surface area contributed by atoms with Crippen LogP contribution in [0.4, 0.5) is 0 Å². The fourth-order valence-corrected chi connectivity index (χ4v) is 1.39. The van der Waals surface area contributed by atoms with Crippen LogP contribution >= 0.6 is 0 Å². The Morgan fingerprint density at radius 2 is 2.18 bits per heavy atom. The second-order valence-electron chi connectivity index (χ2n) is 3.51. The van der Waals surface area contributed by atoms with Crippen LogP contribution in [0.3, 0.4) is 0 Å². The second kappa shape index (κ2) is 4.04. The summed E-state index contributed by atoms with van der Waals surface area (Å²) in [5, 5.41) is 15.7. The third kappa shape index (κ3) is 3.18. The molecule has 0 radical (unpaired) electrons. The summed E-state index contributed by atoms with van der Waals surface area (Å²) in [5.74, 6) is 0. The van der Waals surface area contributed by atoms with Crippen LogP contribution in [0, 0.1) is 0 Å². The predicted molar refractivity (Wildman–Crippen MR) is 45.6 cm³/mol. The summed E-state index contributed by atoms with van der Waals surface area (Å²) >= 11 is 0. The van der Waals surface area contributed by atoms with Crippen molar-refractivity contribution < 1.29 is 5.11 Å². The molecule has 0 saturated carbocycles. The van der Waals surface area contributed by atoms with Gasteiger partial charge in [0, 0.05) is 25.2 Å². The van der Waals surface area contributed by atoms with Crippen LogP contribution in [0.5, 0.6) is 0 Å². The van der Waals surface area contributed by atoms with E-state index >= 15 is 0 Å². The lowest BCUT2D eigenvalue weighted by atomic mass is 10.1. The van der Waals surface area contributed by atoms with Crippen LogP contribution in [0.15, 0.2) is 0 Å². The van der Waals surface area contributed by atoms with Crippen molar-refractivity contribution in [3.05, 3.63) is 0 Å². The molecule has 0 aromatic rings. The van der Waals surface area contributed by atoms with Crippen molar-refractivity contribution >= 4 is 0 Å². The highest BCUT2D eigenvalue weighted by Crippen LogP contribution is 2.00. The summed E-state index contributed by atoms with van der Waals surface area (Å²) in [6.45, 7) is 6.09. The van der Waals surface area contributed by atoms with E-state index in [1.807, 2.05) is 6.92 Å². The highest BCUT2D eigenvalue weighted by atomic mass is 16.3. The van der Waals surface area contributed by atoms with Crippen molar-refractivity contribution in [1.29, 1.82) is 0 Å². The van der Waals surface area contributed by atoms with E-state index in [0.29, 0.717) is 12.1 Å². The molecule has 3 nitrogen and oxygen atoms in total. The standard InChI is InChI=1S/C8H18N2O/c1-6(3-7(2)11)10-8-4-9-5-8/h6-11H,3-5H2,1-2H3. The van der Waals surface area contributed by atoms with Gasteiger partial charge < -0.3 is 15.7 Å². The average Bonchev–Trinajstić information content (AvgIpc) is 1.77. The highest BCUT2D eigenvalue weighted by molar-refractivity contribution is 4.83. The Balaban J connectivity index is 2.04. The summed E-state index contributed by atoms with van der Waals surface area (Å²) in [6.07, 6.45) is 0.654. The van der Waals surface area contributed by atoms with E-state index in [0.717, 1.165) is 19.5 Å².